The van der Waals surface area contributed by atoms with Crippen LogP contribution >= 0.6 is 0 Å². The lowest BCUT2D eigenvalue weighted by Crippen LogP contribution is -2.33. The lowest BCUT2D eigenvalue weighted by Gasteiger charge is -2.19. The quantitative estimate of drug-likeness (QED) is 0.722. The van der Waals surface area contributed by atoms with E-state index in [4.69, 9.17) is 5.11 Å². The summed E-state index contributed by atoms with van der Waals surface area (Å²) in [5.74, 6) is -1.93. The second kappa shape index (κ2) is 8.49. The van der Waals surface area contributed by atoms with Gasteiger partial charge in [-0.15, -0.1) is 0 Å². The van der Waals surface area contributed by atoms with E-state index in [9.17, 15) is 31.5 Å². The number of carboxylic acid groups (broad SMARTS) is 1. The van der Waals surface area contributed by atoms with Crippen molar-refractivity contribution in [1.29, 1.82) is 0 Å². The highest BCUT2D eigenvalue weighted by Crippen LogP contribution is 2.38. The zero-order valence-corrected chi connectivity index (χ0v) is 12.9. The standard InChI is InChI=1S/C14H15F5N2O4/c1-21(5-4-12(22)23)13(24)20-8-2-3-10(25-7-11(15)16)9(6-8)14(17,18)19/h2-3,6,11H,4-5,7H2,1H3,(H,20,24)(H,22,23). The number of carboxylic acids is 1. The van der Waals surface area contributed by atoms with Crippen LogP contribution in [0.1, 0.15) is 12.0 Å². The topological polar surface area (TPSA) is 78.9 Å². The van der Waals surface area contributed by atoms with Crippen molar-refractivity contribution < 1.29 is 41.4 Å². The summed E-state index contributed by atoms with van der Waals surface area (Å²) in [7, 11) is 1.27. The van der Waals surface area contributed by atoms with Crippen LogP contribution in [-0.2, 0) is 11.0 Å². The molecule has 1 rings (SSSR count). The molecule has 0 fully saturated rings. The van der Waals surface area contributed by atoms with E-state index in [1.165, 1.54) is 7.05 Å². The molecule has 0 atom stereocenters. The van der Waals surface area contributed by atoms with Gasteiger partial charge in [0.2, 0.25) is 0 Å². The lowest BCUT2D eigenvalue weighted by molar-refractivity contribution is -0.139. The summed E-state index contributed by atoms with van der Waals surface area (Å²) in [6, 6.07) is 1.59. The predicted molar refractivity (Wildman–Crippen MR) is 76.8 cm³/mol. The van der Waals surface area contributed by atoms with Crippen LogP contribution in [0, 0.1) is 0 Å². The minimum absolute atomic E-state index is 0.150. The molecule has 0 aliphatic carbocycles. The van der Waals surface area contributed by atoms with Crippen LogP contribution in [-0.4, -0.2) is 48.6 Å². The summed E-state index contributed by atoms with van der Waals surface area (Å²) in [4.78, 5) is 23.2. The van der Waals surface area contributed by atoms with Crippen molar-refractivity contribution in [1.82, 2.24) is 4.90 Å². The van der Waals surface area contributed by atoms with E-state index in [1.807, 2.05) is 0 Å². The molecule has 2 amide bonds. The SMILES string of the molecule is CN(CCC(=O)O)C(=O)Nc1ccc(OCC(F)F)c(C(F)(F)F)c1. The predicted octanol–water partition coefficient (Wildman–Crippen LogP) is 3.29. The van der Waals surface area contributed by atoms with Crippen molar-refractivity contribution in [2.24, 2.45) is 0 Å². The van der Waals surface area contributed by atoms with Crippen molar-refractivity contribution in [2.75, 3.05) is 25.5 Å². The van der Waals surface area contributed by atoms with Gasteiger partial charge in [-0.3, -0.25) is 4.79 Å². The molecular weight excluding hydrogens is 355 g/mol. The molecule has 1 aromatic rings. The zero-order chi connectivity index (χ0) is 19.2. The number of halogens is 5. The number of rotatable bonds is 7. The number of urea groups is 1. The molecule has 11 heteroatoms. The van der Waals surface area contributed by atoms with E-state index in [0.29, 0.717) is 6.07 Å². The highest BCUT2D eigenvalue weighted by Gasteiger charge is 2.35. The van der Waals surface area contributed by atoms with E-state index < -0.39 is 42.5 Å². The Kier molecular flexibility index (Phi) is 6.95. The van der Waals surface area contributed by atoms with Crippen LogP contribution < -0.4 is 10.1 Å². The molecule has 0 bridgehead atoms. The number of alkyl halides is 5. The van der Waals surface area contributed by atoms with Crippen LogP contribution in [0.2, 0.25) is 0 Å². The van der Waals surface area contributed by atoms with Crippen molar-refractivity contribution in [3.05, 3.63) is 23.8 Å². The molecule has 0 radical (unpaired) electrons. The molecule has 1 aromatic carbocycles. The Morgan fingerprint density at radius 2 is 1.96 bits per heavy atom. The molecule has 0 unspecified atom stereocenters. The van der Waals surface area contributed by atoms with Gasteiger partial charge < -0.3 is 20.1 Å². The van der Waals surface area contributed by atoms with E-state index >= 15 is 0 Å². The number of ether oxygens (including phenoxy) is 1. The highest BCUT2D eigenvalue weighted by molar-refractivity contribution is 5.89. The fourth-order valence-corrected chi connectivity index (χ4v) is 1.69. The Labute approximate surface area is 139 Å². The van der Waals surface area contributed by atoms with Crippen molar-refractivity contribution >= 4 is 17.7 Å². The minimum Gasteiger partial charge on any atom is -0.487 e. The second-order valence-corrected chi connectivity index (χ2v) is 4.91. The Hall–Kier alpha value is -2.59. The van der Waals surface area contributed by atoms with Gasteiger partial charge in [-0.25, -0.2) is 13.6 Å². The number of hydrogen-bond acceptors (Lipinski definition) is 3. The second-order valence-electron chi connectivity index (χ2n) is 4.91. The number of hydrogen-bond donors (Lipinski definition) is 2. The van der Waals surface area contributed by atoms with E-state index in [2.05, 4.69) is 10.1 Å². The first-order valence-corrected chi connectivity index (χ1v) is 6.86. The summed E-state index contributed by atoms with van der Waals surface area (Å²) in [5, 5.41) is 10.7. The van der Waals surface area contributed by atoms with Gasteiger partial charge in [0.25, 0.3) is 6.43 Å². The van der Waals surface area contributed by atoms with Crippen LogP contribution in [0.4, 0.5) is 32.4 Å². The Morgan fingerprint density at radius 3 is 2.48 bits per heavy atom. The smallest absolute Gasteiger partial charge is 0.420 e. The molecule has 0 aliphatic rings. The molecule has 140 valence electrons. The fourth-order valence-electron chi connectivity index (χ4n) is 1.69. The molecule has 2 N–H and O–H groups in total. The third-order valence-electron chi connectivity index (χ3n) is 2.91. The number of nitrogens with one attached hydrogen (secondary N) is 1. The van der Waals surface area contributed by atoms with Crippen LogP contribution in [0.15, 0.2) is 18.2 Å². The van der Waals surface area contributed by atoms with Crippen molar-refractivity contribution in [3.63, 3.8) is 0 Å². The van der Waals surface area contributed by atoms with Crippen LogP contribution in [0.5, 0.6) is 5.75 Å². The van der Waals surface area contributed by atoms with Crippen LogP contribution in [0.3, 0.4) is 0 Å². The van der Waals surface area contributed by atoms with E-state index in [0.717, 1.165) is 17.0 Å². The van der Waals surface area contributed by atoms with E-state index in [-0.39, 0.29) is 18.7 Å². The summed E-state index contributed by atoms with van der Waals surface area (Å²) < 4.78 is 67.7. The Bertz CT molecular complexity index is 622. The molecule has 0 spiro atoms. The molecule has 0 heterocycles. The molecule has 0 aliphatic heterocycles. The number of carbonyl (C=O) groups excluding carboxylic acids is 1. The van der Waals surface area contributed by atoms with Gasteiger partial charge in [0.05, 0.1) is 12.0 Å². The zero-order valence-electron chi connectivity index (χ0n) is 12.9. The molecule has 6 nitrogen and oxygen atoms in total. The summed E-state index contributed by atoms with van der Waals surface area (Å²) in [6.07, 6.45) is -8.16. The number of benzene rings is 1. The van der Waals surface area contributed by atoms with Gasteiger partial charge >= 0.3 is 18.2 Å². The number of nitrogens with zero attached hydrogens (tertiary/aromatic N) is 1. The Balaban J connectivity index is 2.91. The maximum absolute atomic E-state index is 13.0. The minimum atomic E-state index is -4.88. The lowest BCUT2D eigenvalue weighted by atomic mass is 10.1. The Morgan fingerprint density at radius 1 is 1.32 bits per heavy atom. The molecule has 25 heavy (non-hydrogen) atoms. The van der Waals surface area contributed by atoms with E-state index in [1.54, 1.807) is 0 Å². The first-order chi connectivity index (χ1) is 11.5. The third kappa shape index (κ3) is 6.81. The maximum Gasteiger partial charge on any atom is 0.420 e. The van der Waals surface area contributed by atoms with Gasteiger partial charge in [-0.2, -0.15) is 13.2 Å². The maximum atomic E-state index is 13.0. The first-order valence-electron chi connectivity index (χ1n) is 6.86. The molecule has 0 saturated heterocycles. The van der Waals surface area contributed by atoms with Gasteiger partial charge in [0.1, 0.15) is 12.4 Å². The fraction of sp³-hybridized carbons (Fsp3) is 0.429. The number of carbonyl (C=O) groups is 2. The summed E-state index contributed by atoms with van der Waals surface area (Å²) in [5.41, 5.74) is -1.57. The van der Waals surface area contributed by atoms with Crippen molar-refractivity contribution in [3.8, 4) is 5.75 Å². The largest absolute Gasteiger partial charge is 0.487 e. The molecule has 0 aromatic heterocycles. The van der Waals surface area contributed by atoms with Gasteiger partial charge in [0, 0.05) is 19.3 Å². The van der Waals surface area contributed by atoms with Gasteiger partial charge in [0.15, 0.2) is 0 Å². The third-order valence-corrected chi connectivity index (χ3v) is 2.91. The molecular formula is C14H15F5N2O4. The first kappa shape index (κ1) is 20.5. The number of aliphatic carboxylic acids is 1. The van der Waals surface area contributed by atoms with Crippen LogP contribution in [0.25, 0.3) is 0 Å². The summed E-state index contributed by atoms with van der Waals surface area (Å²) in [6.45, 7) is -1.35. The van der Waals surface area contributed by atoms with Crippen molar-refractivity contribution in [2.45, 2.75) is 19.0 Å². The highest BCUT2D eigenvalue weighted by atomic mass is 19.4. The normalized spacial score (nSPS) is 11.3. The average Bonchev–Trinajstić information content (AvgIpc) is 2.50. The number of anilines is 1. The number of amides is 2. The monoisotopic (exact) mass is 370 g/mol. The molecule has 0 saturated carbocycles. The average molecular weight is 370 g/mol. The summed E-state index contributed by atoms with van der Waals surface area (Å²) >= 11 is 0. The van der Waals surface area contributed by atoms with Gasteiger partial charge in [-0.1, -0.05) is 0 Å². The van der Waals surface area contributed by atoms with Gasteiger partial charge in [-0.05, 0) is 18.2 Å².